The van der Waals surface area contributed by atoms with E-state index in [0.717, 1.165) is 5.69 Å². The molecule has 0 fully saturated rings. The molecule has 0 heterocycles. The summed E-state index contributed by atoms with van der Waals surface area (Å²) in [5.74, 6) is 2.53. The first kappa shape index (κ1) is 10.2. The lowest BCUT2D eigenvalue weighted by atomic mass is 10.3. The van der Waals surface area contributed by atoms with Crippen molar-refractivity contribution in [3.8, 4) is 12.3 Å². The Bertz CT molecular complexity index is 308. The number of terminal acetylenes is 1. The highest BCUT2D eigenvalue weighted by Crippen LogP contribution is 2.29. The Morgan fingerprint density at radius 2 is 1.92 bits per heavy atom. The molecule has 1 rings (SSSR count). The van der Waals surface area contributed by atoms with Crippen molar-refractivity contribution in [1.29, 1.82) is 0 Å². The molecule has 0 aromatic heterocycles. The molecule has 0 bridgehead atoms. The van der Waals surface area contributed by atoms with Crippen LogP contribution in [-0.2, 0) is 0 Å². The number of halogens is 2. The summed E-state index contributed by atoms with van der Waals surface area (Å²) in [6.07, 6.45) is 5.77. The zero-order chi connectivity index (χ0) is 9.68. The van der Waals surface area contributed by atoms with Crippen LogP contribution in [0, 0.1) is 12.3 Å². The lowest BCUT2D eigenvalue weighted by molar-refractivity contribution is 1.10. The third-order valence-electron chi connectivity index (χ3n) is 1.53. The quantitative estimate of drug-likeness (QED) is 0.600. The molecule has 1 aromatic rings. The average molecular weight is 214 g/mol. The van der Waals surface area contributed by atoms with Crippen molar-refractivity contribution >= 4 is 28.9 Å². The molecule has 0 radical (unpaired) electrons. The number of hydrogen-bond donors (Lipinski definition) is 1. The van der Waals surface area contributed by atoms with E-state index in [2.05, 4.69) is 11.2 Å². The molecule has 68 valence electrons. The normalized spacial score (nSPS) is 9.31. The topological polar surface area (TPSA) is 12.0 Å². The third-order valence-corrected chi connectivity index (χ3v) is 2.16. The van der Waals surface area contributed by atoms with Crippen molar-refractivity contribution in [3.05, 3.63) is 28.2 Å². The maximum atomic E-state index is 5.91. The van der Waals surface area contributed by atoms with Crippen molar-refractivity contribution in [1.82, 2.24) is 0 Å². The molecule has 0 saturated carbocycles. The van der Waals surface area contributed by atoms with Crippen LogP contribution < -0.4 is 5.32 Å². The fraction of sp³-hybridized carbons (Fsp3) is 0.200. The van der Waals surface area contributed by atoms with Crippen LogP contribution in [0.25, 0.3) is 0 Å². The summed E-state index contributed by atoms with van der Waals surface area (Å²) < 4.78 is 0. The Morgan fingerprint density at radius 3 is 2.46 bits per heavy atom. The molecule has 0 atom stereocenters. The highest BCUT2D eigenvalue weighted by Gasteiger charge is 2.02. The second kappa shape index (κ2) is 5.01. The standard InChI is InChI=1S/C10H9Cl2N/c1-2-3-7-13-10-8(11)5-4-6-9(10)12/h1,4-6,13H,3,7H2. The number of hydrogen-bond acceptors (Lipinski definition) is 1. The molecular formula is C10H9Cl2N. The summed E-state index contributed by atoms with van der Waals surface area (Å²) in [5.41, 5.74) is 0.751. The highest BCUT2D eigenvalue weighted by molar-refractivity contribution is 6.39. The van der Waals surface area contributed by atoms with Gasteiger partial charge in [-0.1, -0.05) is 29.3 Å². The van der Waals surface area contributed by atoms with Crippen LogP contribution >= 0.6 is 23.2 Å². The van der Waals surface area contributed by atoms with Crippen LogP contribution in [0.5, 0.6) is 0 Å². The van der Waals surface area contributed by atoms with E-state index in [1.54, 1.807) is 18.2 Å². The minimum Gasteiger partial charge on any atom is -0.382 e. The number of rotatable bonds is 3. The van der Waals surface area contributed by atoms with E-state index in [1.165, 1.54) is 0 Å². The molecule has 13 heavy (non-hydrogen) atoms. The molecule has 0 unspecified atom stereocenters. The minimum absolute atomic E-state index is 0.615. The predicted octanol–water partition coefficient (Wildman–Crippen LogP) is 3.43. The molecule has 0 aliphatic carbocycles. The van der Waals surface area contributed by atoms with Gasteiger partial charge in [-0.05, 0) is 12.1 Å². The molecule has 3 heteroatoms. The lowest BCUT2D eigenvalue weighted by Gasteiger charge is -2.07. The van der Waals surface area contributed by atoms with Gasteiger partial charge in [-0.15, -0.1) is 12.3 Å². The van der Waals surface area contributed by atoms with Gasteiger partial charge in [0.15, 0.2) is 0 Å². The van der Waals surface area contributed by atoms with Crippen molar-refractivity contribution in [2.24, 2.45) is 0 Å². The van der Waals surface area contributed by atoms with Gasteiger partial charge in [0.25, 0.3) is 0 Å². The van der Waals surface area contributed by atoms with Crippen LogP contribution in [0.1, 0.15) is 6.42 Å². The van der Waals surface area contributed by atoms with Crippen LogP contribution in [-0.4, -0.2) is 6.54 Å². The van der Waals surface area contributed by atoms with E-state index in [1.807, 2.05) is 0 Å². The van der Waals surface area contributed by atoms with Gasteiger partial charge < -0.3 is 5.32 Å². The number of para-hydroxylation sites is 1. The molecule has 0 spiro atoms. The van der Waals surface area contributed by atoms with E-state index < -0.39 is 0 Å². The molecule has 0 amide bonds. The monoisotopic (exact) mass is 213 g/mol. The lowest BCUT2D eigenvalue weighted by Crippen LogP contribution is -2.01. The second-order valence-corrected chi connectivity index (χ2v) is 3.29. The van der Waals surface area contributed by atoms with E-state index in [0.29, 0.717) is 23.0 Å². The van der Waals surface area contributed by atoms with Gasteiger partial charge in [-0.25, -0.2) is 0 Å². The molecule has 1 aromatic carbocycles. The predicted molar refractivity (Wildman–Crippen MR) is 58.4 cm³/mol. The zero-order valence-corrected chi connectivity index (χ0v) is 8.49. The van der Waals surface area contributed by atoms with Gasteiger partial charge in [0, 0.05) is 13.0 Å². The summed E-state index contributed by atoms with van der Waals surface area (Å²) in [7, 11) is 0. The largest absolute Gasteiger partial charge is 0.382 e. The molecule has 1 nitrogen and oxygen atoms in total. The number of anilines is 1. The fourth-order valence-electron chi connectivity index (χ4n) is 0.926. The van der Waals surface area contributed by atoms with E-state index in [4.69, 9.17) is 29.6 Å². The highest BCUT2D eigenvalue weighted by atomic mass is 35.5. The molecule has 0 aliphatic rings. The fourth-order valence-corrected chi connectivity index (χ4v) is 1.46. The van der Waals surface area contributed by atoms with Crippen LogP contribution in [0.4, 0.5) is 5.69 Å². The first-order valence-corrected chi connectivity index (χ1v) is 4.62. The Labute approximate surface area is 88.0 Å². The maximum absolute atomic E-state index is 5.91. The first-order valence-electron chi connectivity index (χ1n) is 3.87. The van der Waals surface area contributed by atoms with Gasteiger partial charge in [0.05, 0.1) is 15.7 Å². The summed E-state index contributed by atoms with van der Waals surface area (Å²) >= 11 is 11.8. The van der Waals surface area contributed by atoms with Crippen molar-refractivity contribution in [3.63, 3.8) is 0 Å². The van der Waals surface area contributed by atoms with Crippen molar-refractivity contribution in [2.75, 3.05) is 11.9 Å². The van der Waals surface area contributed by atoms with Crippen molar-refractivity contribution < 1.29 is 0 Å². The maximum Gasteiger partial charge on any atom is 0.0719 e. The third kappa shape index (κ3) is 2.84. The second-order valence-electron chi connectivity index (χ2n) is 2.48. The Morgan fingerprint density at radius 1 is 1.31 bits per heavy atom. The van der Waals surface area contributed by atoms with Crippen molar-refractivity contribution in [2.45, 2.75) is 6.42 Å². The summed E-state index contributed by atoms with van der Waals surface area (Å²) in [6.45, 7) is 0.681. The minimum atomic E-state index is 0.615. The number of benzene rings is 1. The first-order chi connectivity index (χ1) is 6.25. The average Bonchev–Trinajstić information content (AvgIpc) is 2.10. The smallest absolute Gasteiger partial charge is 0.0719 e. The SMILES string of the molecule is C#CCCNc1c(Cl)cccc1Cl. The van der Waals surface area contributed by atoms with Crippen LogP contribution in [0.2, 0.25) is 10.0 Å². The van der Waals surface area contributed by atoms with Gasteiger partial charge in [0.2, 0.25) is 0 Å². The summed E-state index contributed by atoms with van der Waals surface area (Å²) in [6, 6.07) is 5.37. The van der Waals surface area contributed by atoms with E-state index in [-0.39, 0.29) is 0 Å². The van der Waals surface area contributed by atoms with Gasteiger partial charge >= 0.3 is 0 Å². The molecule has 0 aliphatic heterocycles. The summed E-state index contributed by atoms with van der Waals surface area (Å²) in [4.78, 5) is 0. The number of nitrogens with one attached hydrogen (secondary N) is 1. The molecule has 0 saturated heterocycles. The van der Waals surface area contributed by atoms with E-state index in [9.17, 15) is 0 Å². The zero-order valence-electron chi connectivity index (χ0n) is 6.98. The molecule has 1 N–H and O–H groups in total. The summed E-state index contributed by atoms with van der Waals surface area (Å²) in [5, 5.41) is 4.31. The van der Waals surface area contributed by atoms with E-state index >= 15 is 0 Å². The van der Waals surface area contributed by atoms with Gasteiger partial charge in [0.1, 0.15) is 0 Å². The Balaban J connectivity index is 2.71. The van der Waals surface area contributed by atoms with Gasteiger partial charge in [-0.2, -0.15) is 0 Å². The van der Waals surface area contributed by atoms with Gasteiger partial charge in [-0.3, -0.25) is 0 Å². The Hall–Kier alpha value is -0.840. The van der Waals surface area contributed by atoms with Crippen LogP contribution in [0.3, 0.4) is 0 Å². The molecular weight excluding hydrogens is 205 g/mol. The Kier molecular flexibility index (Phi) is 3.95. The van der Waals surface area contributed by atoms with Crippen LogP contribution in [0.15, 0.2) is 18.2 Å².